The highest BCUT2D eigenvalue weighted by Gasteiger charge is 2.25. The Labute approximate surface area is 87.5 Å². The summed E-state index contributed by atoms with van der Waals surface area (Å²) in [4.78, 5) is 10.3. The molecule has 1 fully saturated rings. The summed E-state index contributed by atoms with van der Waals surface area (Å²) in [5.74, 6) is 0.427. The molecule has 80 valence electrons. The molecule has 0 radical (unpaired) electrons. The minimum absolute atomic E-state index is 0.0893. The van der Waals surface area contributed by atoms with Gasteiger partial charge in [0.05, 0.1) is 12.1 Å². The molecule has 2 rings (SSSR count). The van der Waals surface area contributed by atoms with Gasteiger partial charge in [0.25, 0.3) is 0 Å². The molecule has 1 saturated carbocycles. The fourth-order valence-corrected chi connectivity index (χ4v) is 1.33. The lowest BCUT2D eigenvalue weighted by Crippen LogP contribution is -2.09. The summed E-state index contributed by atoms with van der Waals surface area (Å²) in [7, 11) is 0. The van der Waals surface area contributed by atoms with E-state index >= 15 is 0 Å². The quantitative estimate of drug-likeness (QED) is 0.759. The smallest absolute Gasteiger partial charge is 0.305 e. The zero-order chi connectivity index (χ0) is 10.7. The second-order valence-electron chi connectivity index (χ2n) is 3.69. The van der Waals surface area contributed by atoms with Gasteiger partial charge in [-0.05, 0) is 25.0 Å². The van der Waals surface area contributed by atoms with E-state index in [0.29, 0.717) is 18.3 Å². The lowest BCUT2D eigenvalue weighted by atomic mass is 10.3. The molecule has 0 aliphatic heterocycles. The van der Waals surface area contributed by atoms with Crippen molar-refractivity contribution in [3.05, 3.63) is 17.8 Å². The van der Waals surface area contributed by atoms with Gasteiger partial charge < -0.3 is 10.4 Å². The first kappa shape index (κ1) is 9.89. The summed E-state index contributed by atoms with van der Waals surface area (Å²) in [5, 5.41) is 19.4. The van der Waals surface area contributed by atoms with E-state index in [0.717, 1.165) is 5.69 Å². The number of carboxylic acids is 1. The summed E-state index contributed by atoms with van der Waals surface area (Å²) < 4.78 is 0. The molecule has 1 aliphatic carbocycles. The maximum Gasteiger partial charge on any atom is 0.305 e. The molecule has 0 unspecified atom stereocenters. The van der Waals surface area contributed by atoms with E-state index in [4.69, 9.17) is 5.11 Å². The molecule has 0 aromatic carbocycles. The van der Waals surface area contributed by atoms with E-state index in [2.05, 4.69) is 15.5 Å². The van der Waals surface area contributed by atoms with Crippen molar-refractivity contribution in [3.63, 3.8) is 0 Å². The number of nitrogens with one attached hydrogen (secondary N) is 1. The minimum Gasteiger partial charge on any atom is -0.481 e. The number of hydrogen-bond donors (Lipinski definition) is 2. The molecule has 15 heavy (non-hydrogen) atoms. The third-order valence-corrected chi connectivity index (χ3v) is 2.33. The maximum absolute atomic E-state index is 10.3. The topological polar surface area (TPSA) is 75.1 Å². The van der Waals surface area contributed by atoms with Crippen molar-refractivity contribution in [1.29, 1.82) is 0 Å². The van der Waals surface area contributed by atoms with Gasteiger partial charge in [0.15, 0.2) is 0 Å². The standard InChI is InChI=1S/C10H13N3O2/c14-10(15)5-6-11-9-4-3-8(12-13-9)7-1-2-7/h3-4,7H,1-2,5-6H2,(H,11,13)(H,14,15). The van der Waals surface area contributed by atoms with Crippen LogP contribution >= 0.6 is 0 Å². The molecule has 1 heterocycles. The van der Waals surface area contributed by atoms with Crippen LogP contribution in [0.1, 0.15) is 30.9 Å². The van der Waals surface area contributed by atoms with Crippen molar-refractivity contribution in [2.45, 2.75) is 25.2 Å². The molecule has 2 N–H and O–H groups in total. The summed E-state index contributed by atoms with van der Waals surface area (Å²) in [6.45, 7) is 0.382. The van der Waals surface area contributed by atoms with Crippen LogP contribution in [0.3, 0.4) is 0 Å². The summed E-state index contributed by atoms with van der Waals surface area (Å²) in [6, 6.07) is 3.80. The van der Waals surface area contributed by atoms with Gasteiger partial charge >= 0.3 is 5.97 Å². The molecular formula is C10H13N3O2. The highest BCUT2D eigenvalue weighted by Crippen LogP contribution is 2.38. The van der Waals surface area contributed by atoms with Gasteiger partial charge in [0.1, 0.15) is 5.82 Å². The highest BCUT2D eigenvalue weighted by atomic mass is 16.4. The zero-order valence-corrected chi connectivity index (χ0v) is 8.31. The van der Waals surface area contributed by atoms with Crippen molar-refractivity contribution in [1.82, 2.24) is 10.2 Å². The lowest BCUT2D eigenvalue weighted by molar-refractivity contribution is -0.136. The molecule has 0 atom stereocenters. The van der Waals surface area contributed by atoms with Crippen LogP contribution in [-0.2, 0) is 4.79 Å². The van der Waals surface area contributed by atoms with Crippen molar-refractivity contribution in [3.8, 4) is 0 Å². The fraction of sp³-hybridized carbons (Fsp3) is 0.500. The Morgan fingerprint density at radius 3 is 2.80 bits per heavy atom. The molecular weight excluding hydrogens is 194 g/mol. The molecule has 1 aromatic heterocycles. The Bertz CT molecular complexity index is 346. The van der Waals surface area contributed by atoms with E-state index in [1.807, 2.05) is 12.1 Å². The van der Waals surface area contributed by atoms with Crippen LogP contribution in [0.5, 0.6) is 0 Å². The van der Waals surface area contributed by atoms with Crippen LogP contribution in [0.4, 0.5) is 5.82 Å². The molecule has 0 bridgehead atoms. The van der Waals surface area contributed by atoms with E-state index in [1.165, 1.54) is 12.8 Å². The predicted octanol–water partition coefficient (Wildman–Crippen LogP) is 1.24. The molecule has 1 aliphatic rings. The average Bonchev–Trinajstić information content (AvgIpc) is 3.02. The van der Waals surface area contributed by atoms with Crippen LogP contribution in [0.25, 0.3) is 0 Å². The van der Waals surface area contributed by atoms with Gasteiger partial charge in [0, 0.05) is 12.5 Å². The normalized spacial score (nSPS) is 14.9. The number of aromatic nitrogens is 2. The first-order valence-electron chi connectivity index (χ1n) is 5.05. The third-order valence-electron chi connectivity index (χ3n) is 2.33. The summed E-state index contributed by atoms with van der Waals surface area (Å²) in [5.41, 5.74) is 1.04. The first-order chi connectivity index (χ1) is 7.25. The van der Waals surface area contributed by atoms with Crippen molar-refractivity contribution < 1.29 is 9.90 Å². The highest BCUT2D eigenvalue weighted by molar-refractivity contribution is 5.67. The minimum atomic E-state index is -0.815. The summed E-state index contributed by atoms with van der Waals surface area (Å²) >= 11 is 0. The Kier molecular flexibility index (Phi) is 2.80. The Morgan fingerprint density at radius 2 is 2.27 bits per heavy atom. The number of anilines is 1. The van der Waals surface area contributed by atoms with Gasteiger partial charge in [0.2, 0.25) is 0 Å². The monoisotopic (exact) mass is 207 g/mol. The van der Waals surface area contributed by atoms with Gasteiger partial charge in [-0.25, -0.2) is 0 Å². The largest absolute Gasteiger partial charge is 0.481 e. The maximum atomic E-state index is 10.3. The van der Waals surface area contributed by atoms with E-state index < -0.39 is 5.97 Å². The van der Waals surface area contributed by atoms with Crippen molar-refractivity contribution in [2.75, 3.05) is 11.9 Å². The van der Waals surface area contributed by atoms with Gasteiger partial charge in [-0.2, -0.15) is 5.10 Å². The second kappa shape index (κ2) is 4.25. The summed E-state index contributed by atoms with van der Waals surface area (Å²) in [6.07, 6.45) is 2.51. The molecule has 0 spiro atoms. The van der Waals surface area contributed by atoms with Crippen LogP contribution in [0.2, 0.25) is 0 Å². The Morgan fingerprint density at radius 1 is 1.47 bits per heavy atom. The Hall–Kier alpha value is -1.65. The van der Waals surface area contributed by atoms with Crippen LogP contribution in [0, 0.1) is 0 Å². The SMILES string of the molecule is O=C(O)CCNc1ccc(C2CC2)nn1. The number of nitrogens with zero attached hydrogens (tertiary/aromatic N) is 2. The zero-order valence-electron chi connectivity index (χ0n) is 8.31. The predicted molar refractivity (Wildman–Crippen MR) is 54.7 cm³/mol. The van der Waals surface area contributed by atoms with Gasteiger partial charge in [-0.1, -0.05) is 0 Å². The third kappa shape index (κ3) is 2.90. The van der Waals surface area contributed by atoms with E-state index in [9.17, 15) is 4.79 Å². The molecule has 0 saturated heterocycles. The van der Waals surface area contributed by atoms with Crippen molar-refractivity contribution in [2.24, 2.45) is 0 Å². The number of carbonyl (C=O) groups is 1. The van der Waals surface area contributed by atoms with Crippen molar-refractivity contribution >= 4 is 11.8 Å². The van der Waals surface area contributed by atoms with E-state index in [-0.39, 0.29) is 6.42 Å². The first-order valence-corrected chi connectivity index (χ1v) is 5.05. The second-order valence-corrected chi connectivity index (χ2v) is 3.69. The number of hydrogen-bond acceptors (Lipinski definition) is 4. The van der Waals surface area contributed by atoms with Crippen LogP contribution in [-0.4, -0.2) is 27.8 Å². The van der Waals surface area contributed by atoms with Crippen LogP contribution in [0.15, 0.2) is 12.1 Å². The van der Waals surface area contributed by atoms with E-state index in [1.54, 1.807) is 0 Å². The molecule has 5 heteroatoms. The number of aliphatic carboxylic acids is 1. The Balaban J connectivity index is 1.83. The number of rotatable bonds is 5. The average molecular weight is 207 g/mol. The number of carboxylic acid groups (broad SMARTS) is 1. The lowest BCUT2D eigenvalue weighted by Gasteiger charge is -2.03. The fourth-order valence-electron chi connectivity index (χ4n) is 1.33. The molecule has 0 amide bonds. The molecule has 5 nitrogen and oxygen atoms in total. The van der Waals surface area contributed by atoms with Crippen LogP contribution < -0.4 is 5.32 Å². The van der Waals surface area contributed by atoms with Gasteiger partial charge in [-0.3, -0.25) is 4.79 Å². The van der Waals surface area contributed by atoms with Gasteiger partial charge in [-0.15, -0.1) is 5.10 Å². The molecule has 1 aromatic rings.